The second kappa shape index (κ2) is 8.60. The molecule has 0 bridgehead atoms. The van der Waals surface area contributed by atoms with Crippen LogP contribution < -0.4 is 0 Å². The molecule has 0 unspecified atom stereocenters. The van der Waals surface area contributed by atoms with Crippen LogP contribution in [0, 0.1) is 11.3 Å². The summed E-state index contributed by atoms with van der Waals surface area (Å²) in [4.78, 5) is 9.26. The van der Waals surface area contributed by atoms with Crippen molar-refractivity contribution in [1.29, 1.82) is 5.26 Å². The Morgan fingerprint density at radius 1 is 0.667 bits per heavy atom. The fraction of sp³-hybridized carbons (Fsp3) is 0. The zero-order valence-corrected chi connectivity index (χ0v) is 21.5. The lowest BCUT2D eigenvalue weighted by molar-refractivity contribution is 1.18. The average molecular weight is 543 g/mol. The van der Waals surface area contributed by atoms with Gasteiger partial charge in [0.15, 0.2) is 0 Å². The first-order chi connectivity index (χ1) is 22.6. The third kappa shape index (κ3) is 3.56. The van der Waals surface area contributed by atoms with Crippen molar-refractivity contribution in [3.63, 3.8) is 0 Å². The van der Waals surface area contributed by atoms with Crippen LogP contribution in [-0.2, 0) is 0 Å². The number of hydrogen-bond acceptors (Lipinski definition) is 5. The molecule has 0 saturated heterocycles. The zero-order valence-electron chi connectivity index (χ0n) is 27.9. The summed E-state index contributed by atoms with van der Waals surface area (Å²) in [5, 5.41) is 12.2. The number of rotatable bonds is 3. The van der Waals surface area contributed by atoms with Crippen molar-refractivity contribution in [2.45, 2.75) is 0 Å². The molecule has 39 heavy (non-hydrogen) atoms. The van der Waals surface area contributed by atoms with Gasteiger partial charge in [-0.15, -0.1) is 22.7 Å². The van der Waals surface area contributed by atoms with E-state index in [1.807, 2.05) is 48.5 Å². The lowest BCUT2D eigenvalue weighted by atomic mass is 10.1. The molecule has 3 heterocycles. The van der Waals surface area contributed by atoms with Gasteiger partial charge < -0.3 is 4.57 Å². The first-order valence-electron chi connectivity index (χ1n) is 15.9. The Balaban J connectivity index is 1.38. The molecule has 182 valence electrons. The maximum absolute atomic E-state index is 9.36. The lowest BCUT2D eigenvalue weighted by Crippen LogP contribution is -1.93. The summed E-state index contributed by atoms with van der Waals surface area (Å²) in [5.41, 5.74) is 5.06. The van der Waals surface area contributed by atoms with Gasteiger partial charge in [0, 0.05) is 27.6 Å². The molecule has 0 aliphatic carbocycles. The number of thiazole rings is 2. The SMILES string of the molecule is [2H]c1c([2H])c([2H])c2sc(-c3ccc4c(c3)c3cc(-c5nc6c([2H])c([2H])c([2H])c([2H])c6s5)ccc3n4-c3ccc(C#N)cc3)nc2c1[2H]. The first kappa shape index (κ1) is 15.6. The van der Waals surface area contributed by atoms with E-state index in [1.165, 1.54) is 22.7 Å². The summed E-state index contributed by atoms with van der Waals surface area (Å²) < 4.78 is 68.6. The van der Waals surface area contributed by atoms with Crippen molar-refractivity contribution in [3.8, 4) is 32.9 Å². The van der Waals surface area contributed by atoms with Crippen molar-refractivity contribution in [1.82, 2.24) is 14.5 Å². The van der Waals surface area contributed by atoms with E-state index in [9.17, 15) is 5.26 Å². The van der Waals surface area contributed by atoms with Gasteiger partial charge in [-0.3, -0.25) is 0 Å². The highest BCUT2D eigenvalue weighted by atomic mass is 32.1. The van der Waals surface area contributed by atoms with Gasteiger partial charge in [-0.2, -0.15) is 5.26 Å². The van der Waals surface area contributed by atoms with Crippen molar-refractivity contribution in [3.05, 3.63) is 115 Å². The van der Waals surface area contributed by atoms with Gasteiger partial charge in [0.2, 0.25) is 0 Å². The molecule has 5 aromatic carbocycles. The monoisotopic (exact) mass is 542 g/mol. The quantitative estimate of drug-likeness (QED) is 0.224. The predicted molar refractivity (Wildman–Crippen MR) is 163 cm³/mol. The van der Waals surface area contributed by atoms with E-state index in [-0.39, 0.29) is 59.4 Å². The van der Waals surface area contributed by atoms with Gasteiger partial charge in [-0.05, 0) is 84.8 Å². The summed E-state index contributed by atoms with van der Waals surface area (Å²) in [6.07, 6.45) is 0. The molecule has 0 saturated carbocycles. The molecule has 0 N–H and O–H groups in total. The van der Waals surface area contributed by atoms with Crippen LogP contribution in [0.1, 0.15) is 16.5 Å². The van der Waals surface area contributed by atoms with Gasteiger partial charge in [0.05, 0.1) is 54.1 Å². The molecule has 0 fully saturated rings. The molecule has 0 spiro atoms. The molecule has 8 aromatic rings. The Labute approximate surface area is 242 Å². The number of hydrogen-bond donors (Lipinski definition) is 0. The van der Waals surface area contributed by atoms with Gasteiger partial charge in [-0.25, -0.2) is 9.97 Å². The summed E-state index contributed by atoms with van der Waals surface area (Å²) >= 11 is 2.42. The van der Waals surface area contributed by atoms with Crippen LogP contribution >= 0.6 is 22.7 Å². The molecular formula is C33H18N4S2. The van der Waals surface area contributed by atoms with Crippen LogP contribution in [0.5, 0.6) is 0 Å². The van der Waals surface area contributed by atoms with Gasteiger partial charge >= 0.3 is 0 Å². The Morgan fingerprint density at radius 2 is 1.18 bits per heavy atom. The third-order valence-corrected chi connectivity index (χ3v) is 8.65. The van der Waals surface area contributed by atoms with Gasteiger partial charge in [0.25, 0.3) is 0 Å². The van der Waals surface area contributed by atoms with E-state index < -0.39 is 0 Å². The third-order valence-electron chi connectivity index (χ3n) is 6.61. The zero-order chi connectivity index (χ0) is 32.9. The molecule has 0 aliphatic rings. The molecule has 3 aromatic heterocycles. The summed E-state index contributed by atoms with van der Waals surface area (Å²) in [6, 6.07) is 19.3. The van der Waals surface area contributed by atoms with Crippen LogP contribution in [0.2, 0.25) is 0 Å². The smallest absolute Gasteiger partial charge is 0.124 e. The fourth-order valence-corrected chi connectivity index (χ4v) is 6.58. The van der Waals surface area contributed by atoms with E-state index >= 15 is 0 Å². The second-order valence-electron chi connectivity index (χ2n) is 8.85. The highest BCUT2D eigenvalue weighted by Gasteiger charge is 2.17. The van der Waals surface area contributed by atoms with E-state index in [4.69, 9.17) is 11.0 Å². The fourth-order valence-electron chi connectivity index (χ4n) is 4.84. The summed E-state index contributed by atoms with van der Waals surface area (Å²) in [7, 11) is 0. The molecule has 4 nitrogen and oxygen atoms in total. The number of benzene rings is 5. The van der Waals surface area contributed by atoms with Crippen LogP contribution in [0.4, 0.5) is 0 Å². The maximum Gasteiger partial charge on any atom is 0.124 e. The van der Waals surface area contributed by atoms with E-state index in [0.717, 1.165) is 38.6 Å². The Morgan fingerprint density at radius 3 is 1.69 bits per heavy atom. The normalized spacial score (nSPS) is 14.4. The first-order valence-corrected chi connectivity index (χ1v) is 13.5. The lowest BCUT2D eigenvalue weighted by Gasteiger charge is -2.08. The Kier molecular flexibility index (Phi) is 3.43. The highest BCUT2D eigenvalue weighted by Crippen LogP contribution is 2.39. The second-order valence-corrected chi connectivity index (χ2v) is 10.8. The minimum atomic E-state index is -0.323. The average Bonchev–Trinajstić information content (AvgIpc) is 3.82. The van der Waals surface area contributed by atoms with Gasteiger partial charge in [-0.1, -0.05) is 24.2 Å². The van der Waals surface area contributed by atoms with Crippen LogP contribution in [0.15, 0.2) is 109 Å². The number of nitriles is 1. The number of aromatic nitrogens is 3. The minimum absolute atomic E-state index is 0.120. The van der Waals surface area contributed by atoms with Crippen molar-refractivity contribution >= 4 is 64.9 Å². The Hall–Kier alpha value is -4.83. The van der Waals surface area contributed by atoms with Crippen molar-refractivity contribution in [2.75, 3.05) is 0 Å². The van der Waals surface area contributed by atoms with Gasteiger partial charge in [0.1, 0.15) is 10.0 Å². The number of fused-ring (bicyclic) bond motifs is 5. The largest absolute Gasteiger partial charge is 0.309 e. The highest BCUT2D eigenvalue weighted by molar-refractivity contribution is 7.22. The summed E-state index contributed by atoms with van der Waals surface area (Å²) in [6.45, 7) is 0. The molecule has 8 rings (SSSR count). The molecule has 6 heteroatoms. The molecule has 0 radical (unpaired) electrons. The van der Waals surface area contributed by atoms with E-state index in [1.54, 1.807) is 12.1 Å². The standard InChI is InChI=1S/C33H18N4S2/c34-19-20-9-13-23(14-10-20)37-28-15-11-21(32-35-26-5-1-3-7-30(26)38-32)17-24(28)25-18-22(12-16-29(25)37)33-36-27-6-2-4-8-31(27)39-33/h1-18H/i1D,2D,3D,4D,5D,6D,7D,8D. The minimum Gasteiger partial charge on any atom is -0.309 e. The molecule has 0 atom stereocenters. The number of para-hydroxylation sites is 2. The van der Waals surface area contributed by atoms with Crippen LogP contribution in [0.3, 0.4) is 0 Å². The summed E-state index contributed by atoms with van der Waals surface area (Å²) in [5.74, 6) is 0. The molecule has 0 aliphatic heterocycles. The predicted octanol–water partition coefficient (Wildman–Crippen LogP) is 9.21. The van der Waals surface area contributed by atoms with Crippen molar-refractivity contribution in [2.24, 2.45) is 0 Å². The Bertz CT molecular complexity index is 2440. The molecular weight excluding hydrogens is 517 g/mol. The number of nitrogens with zero attached hydrogens (tertiary/aromatic N) is 4. The topological polar surface area (TPSA) is 54.5 Å². The van der Waals surface area contributed by atoms with Crippen molar-refractivity contribution < 1.29 is 11.0 Å². The molecule has 0 amide bonds. The van der Waals surface area contributed by atoms with Crippen LogP contribution in [-0.4, -0.2) is 14.5 Å². The van der Waals surface area contributed by atoms with Crippen LogP contribution in [0.25, 0.3) is 69.1 Å². The van der Waals surface area contributed by atoms with E-state index in [0.29, 0.717) is 25.0 Å². The van der Waals surface area contributed by atoms with E-state index in [2.05, 4.69) is 20.6 Å². The maximum atomic E-state index is 9.36.